The fourth-order valence-corrected chi connectivity index (χ4v) is 3.99. The molecule has 1 aromatic carbocycles. The molecule has 0 bridgehead atoms. The van der Waals surface area contributed by atoms with Crippen molar-refractivity contribution in [1.82, 2.24) is 14.8 Å². The number of benzene rings is 1. The van der Waals surface area contributed by atoms with E-state index in [4.69, 9.17) is 0 Å². The SMILES string of the molecule is O=C(Cc1csc2nc(-c3ccccc3)cn12)NN=C1CCCCC1. The van der Waals surface area contributed by atoms with Crippen LogP contribution in [-0.4, -0.2) is 21.0 Å². The van der Waals surface area contributed by atoms with Gasteiger partial charge < -0.3 is 0 Å². The molecule has 0 saturated heterocycles. The number of aromatic nitrogens is 2. The average Bonchev–Trinajstić information content (AvgIpc) is 3.24. The first-order valence-electron chi connectivity index (χ1n) is 8.65. The molecule has 1 N–H and O–H groups in total. The van der Waals surface area contributed by atoms with Gasteiger partial charge in [0.05, 0.1) is 12.1 Å². The molecule has 2 aromatic heterocycles. The zero-order valence-corrected chi connectivity index (χ0v) is 14.8. The molecule has 3 aromatic rings. The molecule has 25 heavy (non-hydrogen) atoms. The van der Waals surface area contributed by atoms with Crippen molar-refractivity contribution in [2.75, 3.05) is 0 Å². The minimum Gasteiger partial charge on any atom is -0.294 e. The number of imidazole rings is 1. The fraction of sp³-hybridized carbons (Fsp3) is 0.316. The highest BCUT2D eigenvalue weighted by Gasteiger charge is 2.13. The molecule has 128 valence electrons. The number of carbonyl (C=O) groups excluding carboxylic acids is 1. The summed E-state index contributed by atoms with van der Waals surface area (Å²) in [6, 6.07) is 10.1. The minimum atomic E-state index is -0.0762. The fourth-order valence-electron chi connectivity index (χ4n) is 3.12. The van der Waals surface area contributed by atoms with E-state index in [0.29, 0.717) is 6.42 Å². The monoisotopic (exact) mass is 352 g/mol. The summed E-state index contributed by atoms with van der Waals surface area (Å²) in [4.78, 5) is 17.8. The van der Waals surface area contributed by atoms with Gasteiger partial charge in [-0.25, -0.2) is 10.4 Å². The molecular formula is C19H20N4OS. The number of hydrazone groups is 1. The van der Waals surface area contributed by atoms with E-state index >= 15 is 0 Å². The Bertz CT molecular complexity index is 902. The Kier molecular flexibility index (Phi) is 4.61. The van der Waals surface area contributed by atoms with Gasteiger partial charge >= 0.3 is 0 Å². The third kappa shape index (κ3) is 3.64. The van der Waals surface area contributed by atoms with E-state index in [9.17, 15) is 4.79 Å². The molecule has 1 aliphatic carbocycles. The van der Waals surface area contributed by atoms with E-state index in [0.717, 1.165) is 40.5 Å². The molecule has 0 radical (unpaired) electrons. The topological polar surface area (TPSA) is 58.8 Å². The molecule has 0 aliphatic heterocycles. The zero-order valence-electron chi connectivity index (χ0n) is 13.9. The third-order valence-electron chi connectivity index (χ3n) is 4.46. The van der Waals surface area contributed by atoms with Crippen molar-refractivity contribution in [2.45, 2.75) is 38.5 Å². The van der Waals surface area contributed by atoms with Crippen molar-refractivity contribution in [3.63, 3.8) is 0 Å². The van der Waals surface area contributed by atoms with E-state index in [1.165, 1.54) is 19.3 Å². The van der Waals surface area contributed by atoms with E-state index in [1.807, 2.05) is 46.3 Å². The predicted octanol–water partition coefficient (Wildman–Crippen LogP) is 4.04. The average molecular weight is 352 g/mol. The summed E-state index contributed by atoms with van der Waals surface area (Å²) >= 11 is 1.55. The van der Waals surface area contributed by atoms with Crippen LogP contribution in [0.2, 0.25) is 0 Å². The maximum Gasteiger partial charge on any atom is 0.246 e. The molecule has 6 heteroatoms. The van der Waals surface area contributed by atoms with Gasteiger partial charge in [-0.3, -0.25) is 9.20 Å². The first-order chi connectivity index (χ1) is 12.3. The maximum absolute atomic E-state index is 12.2. The summed E-state index contributed by atoms with van der Waals surface area (Å²) in [5.41, 5.74) is 6.78. The first-order valence-corrected chi connectivity index (χ1v) is 9.53. The molecule has 1 fully saturated rings. The van der Waals surface area contributed by atoms with Crippen molar-refractivity contribution in [3.8, 4) is 11.3 Å². The Morgan fingerprint density at radius 1 is 1.20 bits per heavy atom. The van der Waals surface area contributed by atoms with Crippen LogP contribution >= 0.6 is 11.3 Å². The normalized spacial score (nSPS) is 14.6. The van der Waals surface area contributed by atoms with Crippen LogP contribution < -0.4 is 5.43 Å². The number of carbonyl (C=O) groups is 1. The Labute approximate surface area is 150 Å². The summed E-state index contributed by atoms with van der Waals surface area (Å²) in [6.45, 7) is 0. The van der Waals surface area contributed by atoms with E-state index in [2.05, 4.69) is 15.5 Å². The summed E-state index contributed by atoms with van der Waals surface area (Å²) in [6.07, 6.45) is 7.94. The zero-order chi connectivity index (χ0) is 17.1. The number of thiazole rings is 1. The van der Waals surface area contributed by atoms with Crippen LogP contribution in [0.3, 0.4) is 0 Å². The molecule has 0 atom stereocenters. The lowest BCUT2D eigenvalue weighted by molar-refractivity contribution is -0.120. The number of amides is 1. The van der Waals surface area contributed by atoms with Gasteiger partial charge in [0, 0.05) is 28.5 Å². The number of fused-ring (bicyclic) bond motifs is 1. The molecule has 4 rings (SSSR count). The molecule has 2 heterocycles. The van der Waals surface area contributed by atoms with Crippen LogP contribution in [0.15, 0.2) is 47.0 Å². The van der Waals surface area contributed by atoms with Gasteiger partial charge in [0.2, 0.25) is 5.91 Å². The van der Waals surface area contributed by atoms with Crippen LogP contribution in [0.5, 0.6) is 0 Å². The Balaban J connectivity index is 1.48. The minimum absolute atomic E-state index is 0.0762. The largest absolute Gasteiger partial charge is 0.294 e. The molecule has 1 aliphatic rings. The third-order valence-corrected chi connectivity index (χ3v) is 5.35. The summed E-state index contributed by atoms with van der Waals surface area (Å²) < 4.78 is 2.00. The van der Waals surface area contributed by atoms with Crippen molar-refractivity contribution in [1.29, 1.82) is 0 Å². The van der Waals surface area contributed by atoms with Gasteiger partial charge in [0.25, 0.3) is 0 Å². The van der Waals surface area contributed by atoms with Crippen LogP contribution in [0, 0.1) is 0 Å². The van der Waals surface area contributed by atoms with Crippen molar-refractivity contribution < 1.29 is 4.79 Å². The second kappa shape index (κ2) is 7.19. The van der Waals surface area contributed by atoms with E-state index in [-0.39, 0.29) is 5.91 Å². The van der Waals surface area contributed by atoms with E-state index in [1.54, 1.807) is 11.3 Å². The van der Waals surface area contributed by atoms with Crippen molar-refractivity contribution in [3.05, 3.63) is 47.6 Å². The quantitative estimate of drug-likeness (QED) is 0.720. The van der Waals surface area contributed by atoms with Crippen LogP contribution in [0.25, 0.3) is 16.2 Å². The van der Waals surface area contributed by atoms with Gasteiger partial charge in [-0.2, -0.15) is 5.10 Å². The lowest BCUT2D eigenvalue weighted by Crippen LogP contribution is -2.22. The van der Waals surface area contributed by atoms with Crippen LogP contribution in [0.1, 0.15) is 37.8 Å². The highest BCUT2D eigenvalue weighted by molar-refractivity contribution is 7.15. The smallest absolute Gasteiger partial charge is 0.246 e. The Morgan fingerprint density at radius 3 is 2.80 bits per heavy atom. The molecule has 1 saturated carbocycles. The summed E-state index contributed by atoms with van der Waals surface area (Å²) in [7, 11) is 0. The molecule has 0 unspecified atom stereocenters. The second-order valence-corrected chi connectivity index (χ2v) is 7.16. The lowest BCUT2D eigenvalue weighted by Gasteiger charge is -2.11. The first kappa shape index (κ1) is 16.0. The van der Waals surface area contributed by atoms with E-state index < -0.39 is 0 Å². The van der Waals surface area contributed by atoms with Gasteiger partial charge in [-0.1, -0.05) is 36.8 Å². The number of hydrogen-bond donors (Lipinski definition) is 1. The molecule has 1 amide bonds. The standard InChI is InChI=1S/C19H20N4OS/c24-18(22-21-15-9-5-2-6-10-15)11-16-13-25-19-20-17(12-23(16)19)14-7-3-1-4-8-14/h1,3-4,7-8,12-13H,2,5-6,9-11H2,(H,22,24). The molecular weight excluding hydrogens is 332 g/mol. The van der Waals surface area contributed by atoms with Crippen LogP contribution in [-0.2, 0) is 11.2 Å². The Hall–Kier alpha value is -2.47. The number of nitrogens with one attached hydrogen (secondary N) is 1. The van der Waals surface area contributed by atoms with Gasteiger partial charge in [-0.15, -0.1) is 11.3 Å². The van der Waals surface area contributed by atoms with Crippen LogP contribution in [0.4, 0.5) is 0 Å². The summed E-state index contributed by atoms with van der Waals surface area (Å²) in [5.74, 6) is -0.0762. The molecule has 0 spiro atoms. The van der Waals surface area contributed by atoms with Gasteiger partial charge in [0.15, 0.2) is 4.96 Å². The predicted molar refractivity (Wildman–Crippen MR) is 101 cm³/mol. The lowest BCUT2D eigenvalue weighted by atomic mass is 9.99. The summed E-state index contributed by atoms with van der Waals surface area (Å²) in [5, 5.41) is 6.28. The number of hydrogen-bond acceptors (Lipinski definition) is 4. The maximum atomic E-state index is 12.2. The highest BCUT2D eigenvalue weighted by atomic mass is 32.1. The number of rotatable bonds is 4. The van der Waals surface area contributed by atoms with Gasteiger partial charge in [-0.05, 0) is 25.7 Å². The molecule has 5 nitrogen and oxygen atoms in total. The van der Waals surface area contributed by atoms with Crippen molar-refractivity contribution >= 4 is 27.9 Å². The van der Waals surface area contributed by atoms with Gasteiger partial charge in [0.1, 0.15) is 0 Å². The highest BCUT2D eigenvalue weighted by Crippen LogP contribution is 2.23. The second-order valence-electron chi connectivity index (χ2n) is 6.32. The Morgan fingerprint density at radius 2 is 2.00 bits per heavy atom. The number of nitrogens with zero attached hydrogens (tertiary/aromatic N) is 3. The van der Waals surface area contributed by atoms with Crippen molar-refractivity contribution in [2.24, 2.45) is 5.10 Å².